The summed E-state index contributed by atoms with van der Waals surface area (Å²) in [6.07, 6.45) is 0.0412. The molecule has 0 spiro atoms. The first-order valence-electron chi connectivity index (χ1n) is 6.67. The van der Waals surface area contributed by atoms with Crippen LogP contribution in [-0.2, 0) is 14.0 Å². The lowest BCUT2D eigenvalue weighted by molar-refractivity contribution is 0.0128. The number of hydrogen-bond acceptors (Lipinski definition) is 6. The van der Waals surface area contributed by atoms with Crippen LogP contribution < -0.4 is 0 Å². The van der Waals surface area contributed by atoms with Crippen LogP contribution in [0.1, 0.15) is 34.1 Å². The molecule has 2 unspecified atom stereocenters. The van der Waals surface area contributed by atoms with Crippen LogP contribution in [0, 0.1) is 0 Å². The highest BCUT2D eigenvalue weighted by molar-refractivity contribution is 8.77. The Morgan fingerprint density at radius 3 is 2.50 bits per heavy atom. The molecule has 1 heterocycles. The molecule has 0 aromatic rings. The van der Waals surface area contributed by atoms with Gasteiger partial charge in [-0.1, -0.05) is 49.3 Å². The van der Waals surface area contributed by atoms with Gasteiger partial charge in [0.25, 0.3) is 0 Å². The quantitative estimate of drug-likeness (QED) is 0.253. The van der Waals surface area contributed by atoms with E-state index in [2.05, 4.69) is 20.8 Å². The zero-order chi connectivity index (χ0) is 15.3. The van der Waals surface area contributed by atoms with Crippen molar-refractivity contribution < 1.29 is 18.9 Å². The third-order valence-corrected chi connectivity index (χ3v) is 6.18. The molecule has 4 nitrogen and oxygen atoms in total. The lowest BCUT2D eigenvalue weighted by Gasteiger charge is -2.25. The molecular weight excluding hydrogens is 314 g/mol. The standard InChI is InChI=1S/C12H24BO4PS2/c1-6-8-9(17-18(5)14)10(11(13)16-8)15-7-19-20-12(2,3)4/h8-11,14H,6-7H2,1-5H3/t8-,9?,10+,11-,18?/m1/s1. The third-order valence-electron chi connectivity index (χ3n) is 2.64. The van der Waals surface area contributed by atoms with Gasteiger partial charge in [0.15, 0.2) is 8.38 Å². The van der Waals surface area contributed by atoms with Gasteiger partial charge in [-0.2, -0.15) is 0 Å². The van der Waals surface area contributed by atoms with Crippen LogP contribution in [0.25, 0.3) is 0 Å². The van der Waals surface area contributed by atoms with Crippen LogP contribution in [0.2, 0.25) is 0 Å². The number of rotatable bonds is 7. The van der Waals surface area contributed by atoms with Gasteiger partial charge in [-0.3, -0.25) is 0 Å². The van der Waals surface area contributed by atoms with E-state index in [1.807, 2.05) is 6.92 Å². The van der Waals surface area contributed by atoms with Crippen molar-refractivity contribution in [3.63, 3.8) is 0 Å². The van der Waals surface area contributed by atoms with Gasteiger partial charge in [0, 0.05) is 17.4 Å². The van der Waals surface area contributed by atoms with E-state index in [1.54, 1.807) is 28.3 Å². The molecule has 0 bridgehead atoms. The highest BCUT2D eigenvalue weighted by Gasteiger charge is 2.43. The van der Waals surface area contributed by atoms with E-state index in [1.165, 1.54) is 0 Å². The topological polar surface area (TPSA) is 47.9 Å². The van der Waals surface area contributed by atoms with Gasteiger partial charge in [-0.25, -0.2) is 0 Å². The molecule has 5 atom stereocenters. The van der Waals surface area contributed by atoms with Crippen molar-refractivity contribution in [2.45, 2.75) is 63.2 Å². The molecular formula is C12H24BO4PS2. The van der Waals surface area contributed by atoms with Crippen molar-refractivity contribution in [2.24, 2.45) is 0 Å². The van der Waals surface area contributed by atoms with Gasteiger partial charge in [0.2, 0.25) is 0 Å². The Morgan fingerprint density at radius 1 is 1.35 bits per heavy atom. The summed E-state index contributed by atoms with van der Waals surface area (Å²) in [4.78, 5) is 9.49. The molecule has 1 saturated heterocycles. The summed E-state index contributed by atoms with van der Waals surface area (Å²) >= 11 is 0. The zero-order valence-electron chi connectivity index (χ0n) is 12.7. The summed E-state index contributed by atoms with van der Waals surface area (Å²) in [5, 5.41) is 0. The van der Waals surface area contributed by atoms with E-state index in [0.717, 1.165) is 6.42 Å². The first-order valence-corrected chi connectivity index (χ1v) is 10.6. The Kier molecular flexibility index (Phi) is 8.22. The fourth-order valence-corrected chi connectivity index (χ4v) is 4.48. The molecule has 1 N–H and O–H groups in total. The van der Waals surface area contributed by atoms with Gasteiger partial charge >= 0.3 is 0 Å². The molecule has 1 rings (SSSR count). The SMILES string of the molecule is [B][C@@H]1O[C@H](CC)C(OP(C)O)[C@@H]1OCSSC(C)(C)C. The minimum atomic E-state index is -1.45. The lowest BCUT2D eigenvalue weighted by Crippen LogP contribution is -2.36. The van der Waals surface area contributed by atoms with Crippen LogP contribution in [0.15, 0.2) is 0 Å². The predicted molar refractivity (Wildman–Crippen MR) is 89.3 cm³/mol. The minimum absolute atomic E-state index is 0.118. The fourth-order valence-electron chi connectivity index (χ4n) is 1.88. The fraction of sp³-hybridized carbons (Fsp3) is 1.00. The zero-order valence-corrected chi connectivity index (χ0v) is 15.3. The molecule has 1 aliphatic rings. The van der Waals surface area contributed by atoms with Crippen LogP contribution in [-0.4, -0.2) is 54.4 Å². The van der Waals surface area contributed by atoms with Crippen molar-refractivity contribution in [1.29, 1.82) is 0 Å². The summed E-state index contributed by atoms with van der Waals surface area (Å²) in [5.74, 6) is 0.521. The Morgan fingerprint density at radius 2 is 2.00 bits per heavy atom. The minimum Gasteiger partial charge on any atom is -0.379 e. The maximum absolute atomic E-state index is 9.49. The molecule has 0 aliphatic carbocycles. The van der Waals surface area contributed by atoms with Gasteiger partial charge in [0.05, 0.1) is 6.10 Å². The second-order valence-corrected chi connectivity index (χ2v) is 9.85. The van der Waals surface area contributed by atoms with Crippen molar-refractivity contribution in [2.75, 3.05) is 12.6 Å². The molecule has 8 heteroatoms. The van der Waals surface area contributed by atoms with Crippen LogP contribution in [0.5, 0.6) is 0 Å². The Balaban J connectivity index is 2.47. The first kappa shape index (κ1) is 19.1. The second-order valence-electron chi connectivity index (χ2n) is 5.64. The van der Waals surface area contributed by atoms with E-state index in [9.17, 15) is 4.89 Å². The Bertz CT molecular complexity index is 291. The monoisotopic (exact) mass is 338 g/mol. The maximum atomic E-state index is 9.49. The molecule has 0 aromatic heterocycles. The number of ether oxygens (including phenoxy) is 2. The highest BCUT2D eigenvalue weighted by Crippen LogP contribution is 2.39. The normalized spacial score (nSPS) is 32.5. The van der Waals surface area contributed by atoms with E-state index in [-0.39, 0.29) is 23.1 Å². The molecule has 0 saturated carbocycles. The lowest BCUT2D eigenvalue weighted by atomic mass is 9.92. The van der Waals surface area contributed by atoms with Crippen molar-refractivity contribution in [3.8, 4) is 0 Å². The summed E-state index contributed by atoms with van der Waals surface area (Å²) in [6, 6.07) is -0.500. The summed E-state index contributed by atoms with van der Waals surface area (Å²) in [6.45, 7) is 10.1. The molecule has 116 valence electrons. The third kappa shape index (κ3) is 6.43. The van der Waals surface area contributed by atoms with Crippen molar-refractivity contribution >= 4 is 37.8 Å². The predicted octanol–water partition coefficient (Wildman–Crippen LogP) is 3.13. The largest absolute Gasteiger partial charge is 0.379 e. The van der Waals surface area contributed by atoms with Crippen LogP contribution in [0.4, 0.5) is 0 Å². The summed E-state index contributed by atoms with van der Waals surface area (Å²) in [5.41, 5.74) is 0. The molecule has 2 radical (unpaired) electrons. The van der Waals surface area contributed by atoms with E-state index < -0.39 is 14.4 Å². The Labute approximate surface area is 132 Å². The van der Waals surface area contributed by atoms with Gasteiger partial charge in [0.1, 0.15) is 26.0 Å². The Hall–Kier alpha value is 1.03. The highest BCUT2D eigenvalue weighted by atomic mass is 33.1. The van der Waals surface area contributed by atoms with Gasteiger partial charge in [-0.05, 0) is 6.42 Å². The summed E-state index contributed by atoms with van der Waals surface area (Å²) < 4.78 is 17.2. The van der Waals surface area contributed by atoms with Crippen molar-refractivity contribution in [1.82, 2.24) is 0 Å². The van der Waals surface area contributed by atoms with E-state index >= 15 is 0 Å². The van der Waals surface area contributed by atoms with Crippen LogP contribution >= 0.6 is 30.0 Å². The van der Waals surface area contributed by atoms with Crippen LogP contribution in [0.3, 0.4) is 0 Å². The molecule has 0 aromatic carbocycles. The van der Waals surface area contributed by atoms with E-state index in [4.69, 9.17) is 21.8 Å². The molecule has 1 aliphatic heterocycles. The average Bonchev–Trinajstić information content (AvgIpc) is 2.60. The molecule has 20 heavy (non-hydrogen) atoms. The molecule has 0 amide bonds. The second kappa shape index (κ2) is 8.61. The molecule has 1 fully saturated rings. The van der Waals surface area contributed by atoms with Gasteiger partial charge in [-0.15, -0.1) is 0 Å². The van der Waals surface area contributed by atoms with E-state index in [0.29, 0.717) is 5.94 Å². The summed E-state index contributed by atoms with van der Waals surface area (Å²) in [7, 11) is 7.92. The van der Waals surface area contributed by atoms with Crippen molar-refractivity contribution in [3.05, 3.63) is 0 Å². The van der Waals surface area contributed by atoms with Gasteiger partial charge < -0.3 is 18.9 Å². The average molecular weight is 338 g/mol. The maximum Gasteiger partial charge on any atom is 0.164 e. The smallest absolute Gasteiger partial charge is 0.164 e. The first-order chi connectivity index (χ1) is 9.24. The number of hydrogen-bond donors (Lipinski definition) is 1.